The Morgan fingerprint density at radius 2 is 2.05 bits per heavy atom. The number of hydrogen-bond acceptors (Lipinski definition) is 9. The van der Waals surface area contributed by atoms with Gasteiger partial charge in [0, 0.05) is 6.54 Å². The minimum Gasteiger partial charge on any atom is -0.616 e. The van der Waals surface area contributed by atoms with Gasteiger partial charge < -0.3 is 25.6 Å². The van der Waals surface area contributed by atoms with Crippen LogP contribution in [0.25, 0.3) is 11.0 Å². The fourth-order valence-corrected chi connectivity index (χ4v) is 3.32. The fourth-order valence-electron chi connectivity index (χ4n) is 2.27. The van der Waals surface area contributed by atoms with Crippen LogP contribution in [0.1, 0.15) is 0 Å². The Hall–Kier alpha value is -1.91. The predicted octanol–water partition coefficient (Wildman–Crippen LogP) is -1.03. The molecule has 4 N–H and O–H groups in total. The first-order chi connectivity index (χ1) is 10.7. The Kier molecular flexibility index (Phi) is 4.41. The van der Waals surface area contributed by atoms with Crippen LogP contribution in [0.3, 0.4) is 0 Å². The number of nitrogens with zero attached hydrogens (tertiary/aromatic N) is 5. The summed E-state index contributed by atoms with van der Waals surface area (Å²) in [6, 6.07) is 0. The van der Waals surface area contributed by atoms with Crippen LogP contribution in [-0.4, -0.2) is 67.3 Å². The molecule has 3 heterocycles. The van der Waals surface area contributed by atoms with E-state index < -0.39 is 11.2 Å². The maximum atomic E-state index is 11.5. The normalized spacial score (nSPS) is 16.2. The van der Waals surface area contributed by atoms with Gasteiger partial charge in [-0.3, -0.25) is 0 Å². The molecule has 0 aromatic carbocycles. The molecule has 1 aliphatic heterocycles. The van der Waals surface area contributed by atoms with Crippen LogP contribution in [-0.2, 0) is 11.2 Å². The number of nitrogens with one attached hydrogen (secondary N) is 1. The molecule has 0 unspecified atom stereocenters. The van der Waals surface area contributed by atoms with Crippen molar-refractivity contribution in [3.05, 3.63) is 6.33 Å². The molecule has 1 saturated heterocycles. The second kappa shape index (κ2) is 6.46. The van der Waals surface area contributed by atoms with E-state index in [1.165, 1.54) is 6.33 Å². The highest BCUT2D eigenvalue weighted by Gasteiger charge is 2.24. The minimum atomic E-state index is -0.774. The number of hydrogen-bond donors (Lipinski definition) is 3. The molecule has 0 atom stereocenters. The molecule has 1 fully saturated rings. The molecule has 0 radical (unpaired) electrons. The number of aliphatic hydroxyl groups excluding tert-OH is 1. The van der Waals surface area contributed by atoms with Crippen molar-refractivity contribution in [2.24, 2.45) is 0 Å². The highest BCUT2D eigenvalue weighted by molar-refractivity contribution is 7.91. The topological polar surface area (TPSA) is 136 Å². The van der Waals surface area contributed by atoms with Crippen molar-refractivity contribution in [3.8, 4) is 0 Å². The maximum Gasteiger partial charge on any atom is 0.225 e. The maximum absolute atomic E-state index is 11.5. The Balaban J connectivity index is 2.04. The lowest BCUT2D eigenvalue weighted by atomic mass is 10.3. The molecule has 22 heavy (non-hydrogen) atoms. The summed E-state index contributed by atoms with van der Waals surface area (Å²) in [6.07, 6.45) is 1.38. The Labute approximate surface area is 130 Å². The van der Waals surface area contributed by atoms with E-state index in [1.807, 2.05) is 4.90 Å². The summed E-state index contributed by atoms with van der Waals surface area (Å²) in [5.74, 6) is 2.50. The van der Waals surface area contributed by atoms with Gasteiger partial charge in [0.1, 0.15) is 28.9 Å². The van der Waals surface area contributed by atoms with Crippen LogP contribution in [0, 0.1) is 0 Å². The first-order valence-corrected chi connectivity index (χ1v) is 8.40. The number of nitrogen functional groups attached to an aromatic ring is 1. The average molecular weight is 323 g/mol. The number of fused-ring (bicyclic) bond motifs is 1. The predicted molar refractivity (Wildman–Crippen MR) is 85.2 cm³/mol. The van der Waals surface area contributed by atoms with Gasteiger partial charge in [0.05, 0.1) is 19.7 Å². The largest absolute Gasteiger partial charge is 0.616 e. The van der Waals surface area contributed by atoms with Crippen LogP contribution < -0.4 is 16.0 Å². The zero-order valence-electron chi connectivity index (χ0n) is 11.9. The van der Waals surface area contributed by atoms with Gasteiger partial charge in [0.25, 0.3) is 0 Å². The number of aliphatic hydroxyl groups is 1. The zero-order chi connectivity index (χ0) is 15.5. The molecule has 0 bridgehead atoms. The van der Waals surface area contributed by atoms with E-state index in [2.05, 4.69) is 25.3 Å². The van der Waals surface area contributed by atoms with E-state index in [1.54, 1.807) is 0 Å². The summed E-state index contributed by atoms with van der Waals surface area (Å²) >= 11 is -0.774. The molecule has 9 nitrogen and oxygen atoms in total. The van der Waals surface area contributed by atoms with Gasteiger partial charge in [0.15, 0.2) is 11.6 Å². The van der Waals surface area contributed by atoms with Crippen molar-refractivity contribution >= 4 is 39.8 Å². The second-order valence-corrected chi connectivity index (χ2v) is 6.51. The molecule has 10 heteroatoms. The summed E-state index contributed by atoms with van der Waals surface area (Å²) in [6.45, 7) is 1.59. The van der Waals surface area contributed by atoms with Gasteiger partial charge in [0.2, 0.25) is 5.95 Å². The number of rotatable bonds is 4. The Morgan fingerprint density at radius 1 is 1.27 bits per heavy atom. The molecule has 0 spiro atoms. The van der Waals surface area contributed by atoms with Crippen molar-refractivity contribution in [2.75, 3.05) is 53.7 Å². The standard InChI is InChI=1S/C12H17N7O2S/c13-10-8-9(15-7-16-10)11(18-12(17-8)14-1-4-20)19-2-5-22(21)6-3-19/h7,20H,1-6H2,(H2,13,15,16)(H,14,17,18). The molecule has 2 aromatic heterocycles. The van der Waals surface area contributed by atoms with E-state index in [0.29, 0.717) is 53.9 Å². The quantitative estimate of drug-likeness (QED) is 0.603. The Bertz CT molecular complexity index is 663. The van der Waals surface area contributed by atoms with Crippen LogP contribution >= 0.6 is 0 Å². The summed E-state index contributed by atoms with van der Waals surface area (Å²) in [7, 11) is 0. The molecular weight excluding hydrogens is 306 g/mol. The molecule has 118 valence electrons. The first-order valence-electron chi connectivity index (χ1n) is 6.92. The third-order valence-electron chi connectivity index (χ3n) is 3.36. The number of nitrogens with two attached hydrogens (primary N) is 1. The highest BCUT2D eigenvalue weighted by Crippen LogP contribution is 2.26. The Morgan fingerprint density at radius 3 is 2.77 bits per heavy atom. The molecule has 0 aliphatic carbocycles. The summed E-state index contributed by atoms with van der Waals surface area (Å²) < 4.78 is 11.5. The molecular formula is C12H17N7O2S. The van der Waals surface area contributed by atoms with E-state index in [-0.39, 0.29) is 12.4 Å². The van der Waals surface area contributed by atoms with E-state index in [4.69, 9.17) is 10.8 Å². The van der Waals surface area contributed by atoms with E-state index >= 15 is 0 Å². The van der Waals surface area contributed by atoms with Crippen molar-refractivity contribution in [3.63, 3.8) is 0 Å². The van der Waals surface area contributed by atoms with Gasteiger partial charge in [-0.25, -0.2) is 15.0 Å². The average Bonchev–Trinajstić information content (AvgIpc) is 2.54. The molecule has 0 saturated carbocycles. The van der Waals surface area contributed by atoms with Gasteiger partial charge in [-0.15, -0.1) is 0 Å². The van der Waals surface area contributed by atoms with Gasteiger partial charge >= 0.3 is 0 Å². The van der Waals surface area contributed by atoms with Gasteiger partial charge in [-0.05, 0) is 0 Å². The number of anilines is 3. The van der Waals surface area contributed by atoms with Crippen molar-refractivity contribution in [1.82, 2.24) is 19.9 Å². The second-order valence-electron chi connectivity index (χ2n) is 4.81. The molecule has 1 aliphatic rings. The summed E-state index contributed by atoms with van der Waals surface area (Å²) in [4.78, 5) is 19.0. The minimum absolute atomic E-state index is 0.0276. The lowest BCUT2D eigenvalue weighted by Gasteiger charge is -2.29. The molecule has 3 rings (SSSR count). The van der Waals surface area contributed by atoms with Crippen LogP contribution in [0.2, 0.25) is 0 Å². The lowest BCUT2D eigenvalue weighted by molar-refractivity contribution is 0.311. The van der Waals surface area contributed by atoms with Crippen molar-refractivity contribution in [2.45, 2.75) is 0 Å². The van der Waals surface area contributed by atoms with Crippen LogP contribution in [0.5, 0.6) is 0 Å². The highest BCUT2D eigenvalue weighted by atomic mass is 32.2. The van der Waals surface area contributed by atoms with Gasteiger partial charge in [-0.1, -0.05) is 11.2 Å². The number of aromatic nitrogens is 4. The summed E-state index contributed by atoms with van der Waals surface area (Å²) in [5, 5.41) is 11.9. The molecule has 0 amide bonds. The van der Waals surface area contributed by atoms with E-state index in [9.17, 15) is 4.55 Å². The SMILES string of the molecule is Nc1ncnc2c(N3CC[S+]([O-])CC3)nc(NCCO)nc12. The summed E-state index contributed by atoms with van der Waals surface area (Å²) in [5.41, 5.74) is 6.94. The first kappa shape index (κ1) is 15.0. The molecule has 2 aromatic rings. The smallest absolute Gasteiger partial charge is 0.225 e. The monoisotopic (exact) mass is 323 g/mol. The lowest BCUT2D eigenvalue weighted by Crippen LogP contribution is -2.41. The van der Waals surface area contributed by atoms with Gasteiger partial charge in [-0.2, -0.15) is 4.98 Å². The fraction of sp³-hybridized carbons (Fsp3) is 0.500. The zero-order valence-corrected chi connectivity index (χ0v) is 12.7. The van der Waals surface area contributed by atoms with E-state index in [0.717, 1.165) is 0 Å². The van der Waals surface area contributed by atoms with Crippen molar-refractivity contribution < 1.29 is 9.66 Å². The van der Waals surface area contributed by atoms with Crippen LogP contribution in [0.4, 0.5) is 17.6 Å². The van der Waals surface area contributed by atoms with Crippen molar-refractivity contribution in [1.29, 1.82) is 0 Å². The third-order valence-corrected chi connectivity index (χ3v) is 4.64. The third kappa shape index (κ3) is 2.98. The van der Waals surface area contributed by atoms with Crippen LogP contribution in [0.15, 0.2) is 6.33 Å².